The van der Waals surface area contributed by atoms with Gasteiger partial charge < -0.3 is 19.5 Å². The van der Waals surface area contributed by atoms with E-state index in [1.54, 1.807) is 33.5 Å². The zero-order valence-electron chi connectivity index (χ0n) is 21.1. The molecule has 4 fully saturated rings. The Morgan fingerprint density at radius 2 is 1.56 bits per heavy atom. The summed E-state index contributed by atoms with van der Waals surface area (Å²) in [6, 6.07) is 10.6. The van der Waals surface area contributed by atoms with Crippen LogP contribution in [0.2, 0.25) is 0 Å². The molecule has 0 spiro atoms. The van der Waals surface area contributed by atoms with Gasteiger partial charge in [-0.05, 0) is 104 Å². The van der Waals surface area contributed by atoms with Crippen LogP contribution in [0.25, 0.3) is 0 Å². The molecule has 34 heavy (non-hydrogen) atoms. The summed E-state index contributed by atoms with van der Waals surface area (Å²) in [5.41, 5.74) is 5.24. The van der Waals surface area contributed by atoms with E-state index >= 15 is 0 Å². The number of aryl methyl sites for hydroxylation is 2. The number of benzene rings is 2. The molecule has 2 atom stereocenters. The van der Waals surface area contributed by atoms with Crippen molar-refractivity contribution in [1.82, 2.24) is 5.32 Å². The molecule has 0 unspecified atom stereocenters. The molecular formula is C29H37NO4. The van der Waals surface area contributed by atoms with Crippen molar-refractivity contribution in [2.45, 2.75) is 57.8 Å². The highest BCUT2D eigenvalue weighted by Gasteiger charge is 2.58. The van der Waals surface area contributed by atoms with Crippen LogP contribution in [0.4, 0.5) is 0 Å². The topological polar surface area (TPSA) is 56.8 Å². The fourth-order valence-corrected chi connectivity index (χ4v) is 7.65. The zero-order chi connectivity index (χ0) is 24.1. The molecule has 182 valence electrons. The first-order chi connectivity index (χ1) is 16.3. The highest BCUT2D eigenvalue weighted by Crippen LogP contribution is 2.65. The van der Waals surface area contributed by atoms with Gasteiger partial charge in [0.1, 0.15) is 0 Å². The number of amides is 1. The van der Waals surface area contributed by atoms with Gasteiger partial charge in [0, 0.05) is 12.1 Å². The van der Waals surface area contributed by atoms with Gasteiger partial charge in [-0.15, -0.1) is 0 Å². The molecule has 1 amide bonds. The Labute approximate surface area is 203 Å². The second kappa shape index (κ2) is 8.51. The normalized spacial score (nSPS) is 29.1. The first-order valence-electron chi connectivity index (χ1n) is 12.5. The molecule has 4 aliphatic rings. The van der Waals surface area contributed by atoms with E-state index in [4.69, 9.17) is 14.2 Å². The van der Waals surface area contributed by atoms with Gasteiger partial charge in [0.05, 0.1) is 21.3 Å². The van der Waals surface area contributed by atoms with Crippen LogP contribution in [0.3, 0.4) is 0 Å². The van der Waals surface area contributed by atoms with Crippen molar-refractivity contribution < 1.29 is 19.0 Å². The third kappa shape index (κ3) is 3.83. The van der Waals surface area contributed by atoms with Crippen LogP contribution in [0.5, 0.6) is 17.2 Å². The molecule has 2 aromatic carbocycles. The lowest BCUT2D eigenvalue weighted by Crippen LogP contribution is -2.57. The largest absolute Gasteiger partial charge is 0.493 e. The van der Waals surface area contributed by atoms with Gasteiger partial charge in [0.25, 0.3) is 5.91 Å². The van der Waals surface area contributed by atoms with Crippen molar-refractivity contribution in [3.05, 3.63) is 52.6 Å². The van der Waals surface area contributed by atoms with Crippen LogP contribution in [-0.2, 0) is 5.41 Å². The molecule has 0 aromatic heterocycles. The minimum Gasteiger partial charge on any atom is -0.493 e. The molecule has 4 saturated carbocycles. The fourth-order valence-electron chi connectivity index (χ4n) is 7.65. The molecule has 0 aliphatic heterocycles. The molecule has 4 bridgehead atoms. The molecule has 5 heteroatoms. The second-order valence-corrected chi connectivity index (χ2v) is 11.1. The molecule has 0 saturated heterocycles. The highest BCUT2D eigenvalue weighted by molar-refractivity contribution is 5.95. The predicted octanol–water partition coefficient (Wildman–Crippen LogP) is 5.60. The summed E-state index contributed by atoms with van der Waals surface area (Å²) in [5.74, 6) is 2.93. The lowest BCUT2D eigenvalue weighted by atomic mass is 9.43. The molecule has 5 nitrogen and oxygen atoms in total. The number of carbonyl (C=O) groups is 1. The summed E-state index contributed by atoms with van der Waals surface area (Å²) in [6.45, 7) is 5.15. The summed E-state index contributed by atoms with van der Waals surface area (Å²) in [6.07, 6.45) is 7.58. The molecule has 2 aromatic rings. The summed E-state index contributed by atoms with van der Waals surface area (Å²) < 4.78 is 16.3. The van der Waals surface area contributed by atoms with E-state index in [1.807, 2.05) is 0 Å². The standard InChI is InChI=1S/C29H37NO4/c1-18-6-7-23(8-19(18)2)29-14-20-9-21(15-29)13-28(12-20,16-29)17-30-27(31)22-10-24(32-3)26(34-5)25(11-22)33-4/h6-8,10-11,20-21H,9,12-17H2,1-5H3,(H,30,31)/t20-,21-,28?,29?/m0/s1. The number of hydrogen-bond donors (Lipinski definition) is 1. The van der Waals surface area contributed by atoms with Crippen LogP contribution in [0.1, 0.15) is 65.6 Å². The van der Waals surface area contributed by atoms with Gasteiger partial charge in [-0.25, -0.2) is 0 Å². The minimum atomic E-state index is -0.0878. The summed E-state index contributed by atoms with van der Waals surface area (Å²) in [4.78, 5) is 13.2. The van der Waals surface area contributed by atoms with E-state index in [9.17, 15) is 4.79 Å². The van der Waals surface area contributed by atoms with Crippen LogP contribution in [-0.4, -0.2) is 33.8 Å². The highest BCUT2D eigenvalue weighted by atomic mass is 16.5. The maximum absolute atomic E-state index is 13.2. The van der Waals surface area contributed by atoms with E-state index in [-0.39, 0.29) is 16.7 Å². The Hall–Kier alpha value is -2.69. The SMILES string of the molecule is COc1cc(C(=O)NCC23C[C@@H]4C[C@@H](C2)CC(c2ccc(C)c(C)c2)(C4)C3)cc(OC)c1OC. The minimum absolute atomic E-state index is 0.0878. The monoisotopic (exact) mass is 463 g/mol. The second-order valence-electron chi connectivity index (χ2n) is 11.1. The third-order valence-corrected chi connectivity index (χ3v) is 8.85. The van der Waals surface area contributed by atoms with E-state index in [2.05, 4.69) is 37.4 Å². The van der Waals surface area contributed by atoms with E-state index in [0.717, 1.165) is 18.4 Å². The number of nitrogens with one attached hydrogen (secondary N) is 1. The summed E-state index contributed by atoms with van der Waals surface area (Å²) >= 11 is 0. The summed E-state index contributed by atoms with van der Waals surface area (Å²) in [7, 11) is 4.71. The maximum Gasteiger partial charge on any atom is 0.251 e. The quantitative estimate of drug-likeness (QED) is 0.581. The number of ether oxygens (including phenoxy) is 3. The third-order valence-electron chi connectivity index (χ3n) is 8.85. The van der Waals surface area contributed by atoms with Gasteiger partial charge in [-0.2, -0.15) is 0 Å². The van der Waals surface area contributed by atoms with Crippen LogP contribution >= 0.6 is 0 Å². The van der Waals surface area contributed by atoms with Gasteiger partial charge in [0.2, 0.25) is 5.75 Å². The van der Waals surface area contributed by atoms with E-state index in [0.29, 0.717) is 22.8 Å². The molecule has 0 radical (unpaired) electrons. The molecule has 6 rings (SSSR count). The average Bonchev–Trinajstić information content (AvgIpc) is 2.82. The Morgan fingerprint density at radius 1 is 0.912 bits per heavy atom. The predicted molar refractivity (Wildman–Crippen MR) is 133 cm³/mol. The van der Waals surface area contributed by atoms with Crippen molar-refractivity contribution in [3.63, 3.8) is 0 Å². The maximum atomic E-state index is 13.2. The van der Waals surface area contributed by atoms with Gasteiger partial charge >= 0.3 is 0 Å². The Bertz CT molecular complexity index is 1070. The van der Waals surface area contributed by atoms with E-state index < -0.39 is 0 Å². The lowest BCUT2D eigenvalue weighted by Gasteiger charge is -2.62. The number of rotatable bonds is 7. The van der Waals surface area contributed by atoms with Crippen molar-refractivity contribution in [1.29, 1.82) is 0 Å². The van der Waals surface area contributed by atoms with Crippen LogP contribution in [0.15, 0.2) is 30.3 Å². The molecular weight excluding hydrogens is 426 g/mol. The first-order valence-corrected chi connectivity index (χ1v) is 12.5. The number of carbonyl (C=O) groups excluding carboxylic acids is 1. The molecule has 0 heterocycles. The smallest absolute Gasteiger partial charge is 0.251 e. The average molecular weight is 464 g/mol. The van der Waals surface area contributed by atoms with Crippen molar-refractivity contribution in [2.75, 3.05) is 27.9 Å². The first kappa shape index (κ1) is 23.1. The van der Waals surface area contributed by atoms with Crippen molar-refractivity contribution >= 4 is 5.91 Å². The Morgan fingerprint density at radius 3 is 2.12 bits per heavy atom. The van der Waals surface area contributed by atoms with Gasteiger partial charge in [0.15, 0.2) is 11.5 Å². The molecule has 1 N–H and O–H groups in total. The lowest BCUT2D eigenvalue weighted by molar-refractivity contribution is -0.0697. The fraction of sp³-hybridized carbons (Fsp3) is 0.552. The van der Waals surface area contributed by atoms with Gasteiger partial charge in [-0.3, -0.25) is 4.79 Å². The van der Waals surface area contributed by atoms with Crippen LogP contribution in [0, 0.1) is 31.1 Å². The number of hydrogen-bond acceptors (Lipinski definition) is 4. The number of methoxy groups -OCH3 is 3. The van der Waals surface area contributed by atoms with Crippen molar-refractivity contribution in [3.8, 4) is 17.2 Å². The molecule has 4 aliphatic carbocycles. The zero-order valence-corrected chi connectivity index (χ0v) is 21.1. The van der Waals surface area contributed by atoms with Gasteiger partial charge in [-0.1, -0.05) is 18.2 Å². The van der Waals surface area contributed by atoms with E-state index in [1.165, 1.54) is 55.2 Å². The Balaban J connectivity index is 1.38. The van der Waals surface area contributed by atoms with Crippen LogP contribution < -0.4 is 19.5 Å². The van der Waals surface area contributed by atoms with Crippen molar-refractivity contribution in [2.24, 2.45) is 17.3 Å². The summed E-state index contributed by atoms with van der Waals surface area (Å²) in [5, 5.41) is 3.29. The Kier molecular flexibility index (Phi) is 5.78.